The summed E-state index contributed by atoms with van der Waals surface area (Å²) in [7, 11) is -1.82. The van der Waals surface area contributed by atoms with Crippen LogP contribution in [0.2, 0.25) is 0 Å². The average Bonchev–Trinajstić information content (AvgIpc) is 3.31. The van der Waals surface area contributed by atoms with Gasteiger partial charge in [-0.1, -0.05) is 0 Å². The van der Waals surface area contributed by atoms with Crippen molar-refractivity contribution in [3.63, 3.8) is 0 Å². The summed E-state index contributed by atoms with van der Waals surface area (Å²) in [5.41, 5.74) is 0.806. The van der Waals surface area contributed by atoms with Crippen molar-refractivity contribution in [2.75, 3.05) is 18.4 Å². The van der Waals surface area contributed by atoms with Gasteiger partial charge in [0.05, 0.1) is 16.5 Å². The Bertz CT molecular complexity index is 1450. The number of benzene rings is 2. The van der Waals surface area contributed by atoms with Crippen molar-refractivity contribution in [1.82, 2.24) is 19.3 Å². The molecule has 1 amide bonds. The van der Waals surface area contributed by atoms with E-state index in [-0.39, 0.29) is 4.90 Å². The number of hydrogen-bond donors (Lipinski definition) is 1. The Kier molecular flexibility index (Phi) is 5.14. The predicted octanol–water partition coefficient (Wildman–Crippen LogP) is 3.31. The van der Waals surface area contributed by atoms with E-state index in [0.717, 1.165) is 6.42 Å². The number of nitrogens with zero attached hydrogens (tertiary/aromatic N) is 4. The topological polar surface area (TPSA) is 120 Å². The summed E-state index contributed by atoms with van der Waals surface area (Å²) in [6.07, 6.45) is 2.32. The number of carbonyl (C=O) groups is 1. The molecular formula is C22H21N5O5S. The van der Waals surface area contributed by atoms with Gasteiger partial charge in [-0.15, -0.1) is 5.10 Å². The highest BCUT2D eigenvalue weighted by Crippen LogP contribution is 2.34. The van der Waals surface area contributed by atoms with Gasteiger partial charge >= 0.3 is 0 Å². The molecule has 0 aliphatic carbocycles. The van der Waals surface area contributed by atoms with E-state index >= 15 is 0 Å². The molecule has 33 heavy (non-hydrogen) atoms. The first-order valence-corrected chi connectivity index (χ1v) is 11.7. The van der Waals surface area contributed by atoms with Gasteiger partial charge in [0.25, 0.3) is 5.91 Å². The van der Waals surface area contributed by atoms with Gasteiger partial charge in [-0.2, -0.15) is 14.2 Å². The van der Waals surface area contributed by atoms with Crippen LogP contribution < -0.4 is 10.1 Å². The lowest BCUT2D eigenvalue weighted by Gasteiger charge is -2.29. The van der Waals surface area contributed by atoms with E-state index in [1.165, 1.54) is 27.4 Å². The van der Waals surface area contributed by atoms with Gasteiger partial charge in [-0.05, 0) is 55.8 Å². The predicted molar refractivity (Wildman–Crippen MR) is 120 cm³/mol. The fraction of sp³-hybridized carbons (Fsp3) is 0.227. The van der Waals surface area contributed by atoms with Crippen LogP contribution in [-0.2, 0) is 17.1 Å². The van der Waals surface area contributed by atoms with Crippen LogP contribution in [0.25, 0.3) is 11.0 Å². The van der Waals surface area contributed by atoms with Gasteiger partial charge in [0.1, 0.15) is 22.8 Å². The Morgan fingerprint density at radius 2 is 1.91 bits per heavy atom. The van der Waals surface area contributed by atoms with Crippen LogP contribution in [0.4, 0.5) is 5.82 Å². The van der Waals surface area contributed by atoms with Crippen molar-refractivity contribution in [2.45, 2.75) is 18.2 Å². The zero-order valence-corrected chi connectivity index (χ0v) is 18.8. The molecule has 10 nitrogen and oxygen atoms in total. The van der Waals surface area contributed by atoms with Crippen molar-refractivity contribution < 1.29 is 22.4 Å². The first-order valence-electron chi connectivity index (χ1n) is 10.3. The Labute approximate surface area is 189 Å². The molecule has 0 spiro atoms. The van der Waals surface area contributed by atoms with Gasteiger partial charge in [0.2, 0.25) is 10.0 Å². The lowest BCUT2D eigenvalue weighted by atomic mass is 10.1. The molecule has 1 saturated heterocycles. The van der Waals surface area contributed by atoms with Crippen LogP contribution >= 0.6 is 0 Å². The molecule has 3 heterocycles. The van der Waals surface area contributed by atoms with E-state index < -0.39 is 15.9 Å². The van der Waals surface area contributed by atoms with E-state index in [9.17, 15) is 13.2 Å². The number of rotatable bonds is 6. The smallest absolute Gasteiger partial charge is 0.257 e. The zero-order chi connectivity index (χ0) is 23.2. The third-order valence-electron chi connectivity index (χ3n) is 5.33. The van der Waals surface area contributed by atoms with Crippen molar-refractivity contribution >= 4 is 32.7 Å². The van der Waals surface area contributed by atoms with Gasteiger partial charge in [0, 0.05) is 25.7 Å². The molecule has 1 fully saturated rings. The molecule has 0 bridgehead atoms. The monoisotopic (exact) mass is 467 g/mol. The number of hydrogen-bond acceptors (Lipinski definition) is 7. The molecule has 0 saturated carbocycles. The maximum absolute atomic E-state index is 12.8. The summed E-state index contributed by atoms with van der Waals surface area (Å²) in [5.74, 6) is 1.43. The maximum Gasteiger partial charge on any atom is 0.257 e. The molecule has 2 aromatic carbocycles. The number of carbonyl (C=O) groups excluding carboxylic acids is 1. The maximum atomic E-state index is 12.8. The first kappa shape index (κ1) is 21.2. The molecule has 11 heteroatoms. The summed E-state index contributed by atoms with van der Waals surface area (Å²) >= 11 is 0. The summed E-state index contributed by atoms with van der Waals surface area (Å²) in [6.45, 7) is 2.89. The third-order valence-corrected chi connectivity index (χ3v) is 7.24. The number of furan rings is 1. The highest BCUT2D eigenvalue weighted by molar-refractivity contribution is 7.89. The summed E-state index contributed by atoms with van der Waals surface area (Å²) < 4.78 is 38.3. The Balaban J connectivity index is 1.44. The highest BCUT2D eigenvalue weighted by Gasteiger charge is 2.29. The van der Waals surface area contributed by atoms with Crippen LogP contribution in [0.3, 0.4) is 0 Å². The Morgan fingerprint density at radius 3 is 2.55 bits per heavy atom. The molecule has 170 valence electrons. The van der Waals surface area contributed by atoms with E-state index in [2.05, 4.69) is 15.5 Å². The summed E-state index contributed by atoms with van der Waals surface area (Å²) in [5, 5.41) is 11.4. The number of amides is 1. The largest absolute Gasteiger partial charge is 0.461 e. The third kappa shape index (κ3) is 4.08. The average molecular weight is 468 g/mol. The van der Waals surface area contributed by atoms with Gasteiger partial charge in [-0.3, -0.25) is 4.79 Å². The molecule has 0 radical (unpaired) electrons. The number of aromatic nitrogens is 3. The molecule has 1 aliphatic heterocycles. The Hall–Kier alpha value is -3.70. The van der Waals surface area contributed by atoms with Crippen LogP contribution in [0.1, 0.15) is 22.5 Å². The van der Waals surface area contributed by atoms with Crippen molar-refractivity contribution in [1.29, 1.82) is 0 Å². The van der Waals surface area contributed by atoms with E-state index in [1.807, 2.05) is 6.07 Å². The first-order chi connectivity index (χ1) is 15.8. The molecule has 5 rings (SSSR count). The lowest BCUT2D eigenvalue weighted by molar-refractivity contribution is 0.102. The van der Waals surface area contributed by atoms with Crippen molar-refractivity contribution in [3.05, 3.63) is 60.0 Å². The van der Waals surface area contributed by atoms with Gasteiger partial charge in [0.15, 0.2) is 5.82 Å². The number of nitrogens with one attached hydrogen (secondary N) is 1. The van der Waals surface area contributed by atoms with Gasteiger partial charge in [-0.25, -0.2) is 8.42 Å². The van der Waals surface area contributed by atoms with Gasteiger partial charge < -0.3 is 14.5 Å². The van der Waals surface area contributed by atoms with Crippen LogP contribution in [0, 0.1) is 6.92 Å². The molecular weight excluding hydrogens is 446 g/mol. The number of ether oxygens (including phenoxy) is 1. The lowest BCUT2D eigenvalue weighted by Crippen LogP contribution is -2.41. The summed E-state index contributed by atoms with van der Waals surface area (Å²) in [4.78, 5) is 14.3. The number of anilines is 1. The second-order valence-corrected chi connectivity index (χ2v) is 9.69. The van der Waals surface area contributed by atoms with Crippen LogP contribution in [0.15, 0.2) is 58.0 Å². The molecule has 1 aliphatic rings. The SMILES string of the molecule is Cc1cc2c(Oc3ccc(S(=O)(=O)N4CCC4)cc3)cc(C(=O)Nc3cnn(C)n3)cc2o1. The molecule has 4 aromatic rings. The summed E-state index contributed by atoms with van der Waals surface area (Å²) in [6, 6.07) is 11.3. The van der Waals surface area contributed by atoms with Crippen molar-refractivity contribution in [2.24, 2.45) is 7.05 Å². The van der Waals surface area contributed by atoms with E-state index in [4.69, 9.17) is 9.15 Å². The van der Waals surface area contributed by atoms with Crippen molar-refractivity contribution in [3.8, 4) is 11.5 Å². The van der Waals surface area contributed by atoms with E-state index in [0.29, 0.717) is 52.7 Å². The standard InChI is InChI=1S/C22H21N5O5S/c1-14-10-18-19(31-14)11-15(22(28)24-21-13-23-26(2)25-21)12-20(18)32-16-4-6-17(7-5-16)33(29,30)27-8-3-9-27/h4-7,10-13H,3,8-9H2,1-2H3,(H,24,25,28). The second-order valence-electron chi connectivity index (χ2n) is 7.75. The molecule has 1 N–H and O–H groups in total. The van der Waals surface area contributed by atoms with Crippen LogP contribution in [0.5, 0.6) is 11.5 Å². The number of fused-ring (bicyclic) bond motifs is 1. The van der Waals surface area contributed by atoms with E-state index in [1.54, 1.807) is 38.2 Å². The fourth-order valence-corrected chi connectivity index (χ4v) is 5.04. The minimum absolute atomic E-state index is 0.218. The molecule has 2 aromatic heterocycles. The Morgan fingerprint density at radius 1 is 1.15 bits per heavy atom. The fourth-order valence-electron chi connectivity index (χ4n) is 3.52. The molecule has 0 atom stereocenters. The minimum atomic E-state index is -3.47. The number of sulfonamides is 1. The van der Waals surface area contributed by atoms with Crippen LogP contribution in [-0.4, -0.2) is 46.7 Å². The molecule has 0 unspecified atom stereocenters. The number of aryl methyl sites for hydroxylation is 2. The minimum Gasteiger partial charge on any atom is -0.461 e. The normalized spacial score (nSPS) is 14.2. The highest BCUT2D eigenvalue weighted by atomic mass is 32.2. The zero-order valence-electron chi connectivity index (χ0n) is 18.0. The quantitative estimate of drug-likeness (QED) is 0.462. The second kappa shape index (κ2) is 8.01.